The van der Waals surface area contributed by atoms with E-state index in [0.29, 0.717) is 15.6 Å². The summed E-state index contributed by atoms with van der Waals surface area (Å²) in [6, 6.07) is 8.25. The molecular formula is C12H8N2O2S2. The summed E-state index contributed by atoms with van der Waals surface area (Å²) in [6.45, 7) is 0. The van der Waals surface area contributed by atoms with Crippen molar-refractivity contribution in [2.45, 2.75) is 0 Å². The minimum atomic E-state index is -0.529. The molecule has 4 nitrogen and oxygen atoms in total. The van der Waals surface area contributed by atoms with Gasteiger partial charge in [0, 0.05) is 6.20 Å². The third-order valence-corrected chi connectivity index (χ3v) is 2.48. The molecule has 0 N–H and O–H groups in total. The molecule has 0 atom stereocenters. The molecular weight excluding hydrogens is 268 g/mol. The Hall–Kier alpha value is -1.79. The van der Waals surface area contributed by atoms with Gasteiger partial charge in [0.2, 0.25) is 0 Å². The van der Waals surface area contributed by atoms with Crippen LogP contribution in [0.2, 0.25) is 0 Å². The first kappa shape index (κ1) is 12.7. The number of hydrogen-bond donors (Lipinski definition) is 1. The predicted octanol–water partition coefficient (Wildman–Crippen LogP) is 2.30. The third-order valence-electron chi connectivity index (χ3n) is 2.04. The first-order chi connectivity index (χ1) is 8.66. The zero-order chi connectivity index (χ0) is 13.0. The number of carbonyl (C=O) groups is 1. The average molecular weight is 276 g/mol. The highest BCUT2D eigenvalue weighted by Crippen LogP contribution is 2.12. The Balaban J connectivity index is 2.10. The second-order valence-corrected chi connectivity index (χ2v) is 4.45. The summed E-state index contributed by atoms with van der Waals surface area (Å²) in [5.41, 5.74) is 0.803. The van der Waals surface area contributed by atoms with Crippen LogP contribution in [-0.2, 0) is 0 Å². The van der Waals surface area contributed by atoms with Crippen molar-refractivity contribution in [2.24, 2.45) is 0 Å². The summed E-state index contributed by atoms with van der Waals surface area (Å²) in [6.07, 6.45) is 2.94. The third kappa shape index (κ3) is 3.12. The molecule has 0 saturated carbocycles. The number of thiol groups is 1. The molecule has 0 fully saturated rings. The molecule has 2 rings (SSSR count). The minimum absolute atomic E-state index is 0.242. The van der Waals surface area contributed by atoms with Crippen LogP contribution in [-0.4, -0.2) is 20.1 Å². The van der Waals surface area contributed by atoms with E-state index in [0.717, 1.165) is 0 Å². The van der Waals surface area contributed by atoms with Crippen LogP contribution in [0.1, 0.15) is 16.2 Å². The van der Waals surface area contributed by atoms with Gasteiger partial charge < -0.3 is 4.74 Å². The second-order valence-electron chi connectivity index (χ2n) is 3.29. The Labute approximate surface area is 114 Å². The van der Waals surface area contributed by atoms with Crippen LogP contribution in [0.15, 0.2) is 42.7 Å². The van der Waals surface area contributed by atoms with Crippen molar-refractivity contribution in [3.8, 4) is 5.75 Å². The topological polar surface area (TPSA) is 52.1 Å². The Morgan fingerprint density at radius 1 is 1.17 bits per heavy atom. The van der Waals surface area contributed by atoms with Crippen LogP contribution in [0.5, 0.6) is 5.75 Å². The largest absolute Gasteiger partial charge is 0.420 e. The number of carbonyl (C=O) groups excluding carboxylic acids is 1. The molecule has 0 aliphatic heterocycles. The van der Waals surface area contributed by atoms with E-state index in [4.69, 9.17) is 17.0 Å². The number of aromatic nitrogens is 2. The normalized spacial score (nSPS) is 9.83. The highest BCUT2D eigenvalue weighted by Gasteiger charge is 2.09. The molecule has 0 aliphatic carbocycles. The van der Waals surface area contributed by atoms with Gasteiger partial charge in [-0.1, -0.05) is 18.3 Å². The van der Waals surface area contributed by atoms with Crippen LogP contribution in [0.25, 0.3) is 0 Å². The van der Waals surface area contributed by atoms with Crippen LogP contribution in [0.4, 0.5) is 0 Å². The van der Waals surface area contributed by atoms with Crippen LogP contribution >= 0.6 is 24.8 Å². The fourth-order valence-corrected chi connectivity index (χ4v) is 1.46. The van der Waals surface area contributed by atoms with Crippen molar-refractivity contribution in [2.75, 3.05) is 0 Å². The average Bonchev–Trinajstić information content (AvgIpc) is 2.40. The lowest BCUT2D eigenvalue weighted by Crippen LogP contribution is -2.10. The van der Waals surface area contributed by atoms with Gasteiger partial charge in [0.1, 0.15) is 11.4 Å². The molecule has 18 heavy (non-hydrogen) atoms. The Morgan fingerprint density at radius 3 is 2.56 bits per heavy atom. The fourth-order valence-electron chi connectivity index (χ4n) is 1.21. The van der Waals surface area contributed by atoms with E-state index >= 15 is 0 Å². The molecule has 0 aromatic carbocycles. The Bertz CT molecular complexity index is 570. The number of ether oxygens (including phenoxy) is 1. The molecule has 90 valence electrons. The monoisotopic (exact) mass is 276 g/mol. The van der Waals surface area contributed by atoms with Crippen molar-refractivity contribution in [3.63, 3.8) is 0 Å². The molecule has 0 aliphatic rings. The van der Waals surface area contributed by atoms with E-state index in [9.17, 15) is 4.79 Å². The maximum Gasteiger partial charge on any atom is 0.362 e. The van der Waals surface area contributed by atoms with Gasteiger partial charge in [-0.3, -0.25) is 4.98 Å². The Kier molecular flexibility index (Phi) is 4.01. The van der Waals surface area contributed by atoms with E-state index < -0.39 is 5.97 Å². The minimum Gasteiger partial charge on any atom is -0.420 e. The molecule has 0 unspecified atom stereocenters. The van der Waals surface area contributed by atoms with E-state index in [2.05, 4.69) is 22.6 Å². The van der Waals surface area contributed by atoms with Gasteiger partial charge in [-0.05, 0) is 24.3 Å². The predicted molar refractivity (Wildman–Crippen MR) is 74.1 cm³/mol. The number of thiocarbonyl (C=S) groups is 1. The molecule has 2 aromatic rings. The zero-order valence-electron chi connectivity index (χ0n) is 9.11. The summed E-state index contributed by atoms with van der Waals surface area (Å²) in [4.78, 5) is 19.6. The van der Waals surface area contributed by atoms with Gasteiger partial charge in [0.05, 0.1) is 16.1 Å². The highest BCUT2D eigenvalue weighted by atomic mass is 32.1. The summed E-state index contributed by atoms with van der Waals surface area (Å²) in [5, 5.41) is 0. The molecule has 2 heterocycles. The van der Waals surface area contributed by atoms with E-state index in [1.54, 1.807) is 30.3 Å². The van der Waals surface area contributed by atoms with E-state index in [-0.39, 0.29) is 5.69 Å². The van der Waals surface area contributed by atoms with Gasteiger partial charge >= 0.3 is 5.97 Å². The van der Waals surface area contributed by atoms with Crippen LogP contribution in [0.3, 0.4) is 0 Å². The first-order valence-electron chi connectivity index (χ1n) is 4.99. The number of esters is 1. The van der Waals surface area contributed by atoms with Crippen molar-refractivity contribution < 1.29 is 9.53 Å². The lowest BCUT2D eigenvalue weighted by molar-refractivity contribution is 0.0728. The molecule has 0 radical (unpaired) electrons. The number of hydrogen-bond acceptors (Lipinski definition) is 5. The summed E-state index contributed by atoms with van der Waals surface area (Å²) in [7, 11) is 0. The van der Waals surface area contributed by atoms with Gasteiger partial charge in [0.15, 0.2) is 0 Å². The van der Waals surface area contributed by atoms with Crippen LogP contribution in [0, 0.1) is 0 Å². The van der Waals surface area contributed by atoms with Gasteiger partial charge in [-0.15, -0.1) is 12.6 Å². The number of pyridine rings is 2. The lowest BCUT2D eigenvalue weighted by atomic mass is 10.3. The molecule has 6 heteroatoms. The smallest absolute Gasteiger partial charge is 0.362 e. The SMILES string of the molecule is O=C(Oc1ccc(C(=S)S)nc1)c1ccccn1. The lowest BCUT2D eigenvalue weighted by Gasteiger charge is -2.03. The van der Waals surface area contributed by atoms with Crippen molar-refractivity contribution >= 4 is 35.0 Å². The summed E-state index contributed by atoms with van der Waals surface area (Å²) >= 11 is 8.85. The molecule has 0 amide bonds. The zero-order valence-corrected chi connectivity index (χ0v) is 10.8. The standard InChI is InChI=1S/C12H8N2O2S2/c15-11(9-3-1-2-6-13-9)16-8-4-5-10(12(17)18)14-7-8/h1-7H,(H,17,18). The maximum atomic E-state index is 11.7. The summed E-state index contributed by atoms with van der Waals surface area (Å²) in [5.74, 6) is -0.197. The molecule has 0 spiro atoms. The fraction of sp³-hybridized carbons (Fsp3) is 0. The highest BCUT2D eigenvalue weighted by molar-refractivity contribution is 8.11. The van der Waals surface area contributed by atoms with Gasteiger partial charge in [0.25, 0.3) is 0 Å². The quantitative estimate of drug-likeness (QED) is 0.529. The van der Waals surface area contributed by atoms with Gasteiger partial charge in [-0.25, -0.2) is 9.78 Å². The van der Waals surface area contributed by atoms with E-state index in [1.807, 2.05) is 0 Å². The molecule has 2 aromatic heterocycles. The van der Waals surface area contributed by atoms with Crippen molar-refractivity contribution in [3.05, 3.63) is 54.1 Å². The molecule has 0 saturated heterocycles. The number of nitrogens with zero attached hydrogens (tertiary/aromatic N) is 2. The Morgan fingerprint density at radius 2 is 2.00 bits per heavy atom. The van der Waals surface area contributed by atoms with Crippen LogP contribution < -0.4 is 4.74 Å². The molecule has 0 bridgehead atoms. The number of rotatable bonds is 3. The van der Waals surface area contributed by atoms with Crippen molar-refractivity contribution in [1.29, 1.82) is 0 Å². The maximum absolute atomic E-state index is 11.7. The summed E-state index contributed by atoms with van der Waals surface area (Å²) < 4.78 is 5.49. The van der Waals surface area contributed by atoms with Crippen molar-refractivity contribution in [1.82, 2.24) is 9.97 Å². The first-order valence-corrected chi connectivity index (χ1v) is 5.85. The second kappa shape index (κ2) is 5.70. The van der Waals surface area contributed by atoms with Gasteiger partial charge in [-0.2, -0.15) is 0 Å². The van der Waals surface area contributed by atoms with E-state index in [1.165, 1.54) is 12.4 Å².